The van der Waals surface area contributed by atoms with E-state index in [-0.39, 0.29) is 6.10 Å². The summed E-state index contributed by atoms with van der Waals surface area (Å²) < 4.78 is 5.87. The minimum atomic E-state index is 0.217. The predicted octanol–water partition coefficient (Wildman–Crippen LogP) is 3.46. The molecule has 1 aromatic rings. The molecule has 2 nitrogen and oxygen atoms in total. The minimum absolute atomic E-state index is 0.217. The zero-order valence-corrected chi connectivity index (χ0v) is 11.5. The monoisotopic (exact) mass is 235 g/mol. The lowest BCUT2D eigenvalue weighted by molar-refractivity contribution is 0.217. The summed E-state index contributed by atoms with van der Waals surface area (Å²) in [5.74, 6) is 0.970. The third-order valence-corrected chi connectivity index (χ3v) is 2.95. The highest BCUT2D eigenvalue weighted by Crippen LogP contribution is 2.17. The van der Waals surface area contributed by atoms with Crippen molar-refractivity contribution in [3.8, 4) is 5.75 Å². The van der Waals surface area contributed by atoms with Gasteiger partial charge in [-0.15, -0.1) is 0 Å². The van der Waals surface area contributed by atoms with E-state index in [0.717, 1.165) is 18.8 Å². The Bertz CT molecular complexity index is 336. The van der Waals surface area contributed by atoms with Crippen molar-refractivity contribution in [1.29, 1.82) is 0 Å². The quantitative estimate of drug-likeness (QED) is 0.731. The van der Waals surface area contributed by atoms with Crippen LogP contribution in [0.5, 0.6) is 5.75 Å². The van der Waals surface area contributed by atoms with Crippen LogP contribution < -0.4 is 10.1 Å². The molecule has 1 rings (SSSR count). The molecule has 0 aliphatic rings. The highest BCUT2D eigenvalue weighted by Gasteiger charge is 2.04. The van der Waals surface area contributed by atoms with Gasteiger partial charge in [-0.25, -0.2) is 0 Å². The molecule has 0 heterocycles. The summed E-state index contributed by atoms with van der Waals surface area (Å²) in [6, 6.07) is 6.27. The molecule has 1 atom stereocenters. The summed E-state index contributed by atoms with van der Waals surface area (Å²) in [5, 5.41) is 3.41. The molecule has 0 saturated carbocycles. The molecular formula is C15H25NO. The Labute approximate surface area is 105 Å². The molecular weight excluding hydrogens is 210 g/mol. The number of ether oxygens (including phenoxy) is 1. The number of benzene rings is 1. The molecule has 0 spiro atoms. The van der Waals surface area contributed by atoms with E-state index in [4.69, 9.17) is 4.74 Å². The van der Waals surface area contributed by atoms with E-state index in [9.17, 15) is 0 Å². The van der Waals surface area contributed by atoms with Crippen LogP contribution in [0.15, 0.2) is 18.2 Å². The maximum Gasteiger partial charge on any atom is 0.120 e. The number of hydrogen-bond donors (Lipinski definition) is 1. The SMILES string of the molecule is CCCCNCC(C)Oc1ccc(C)c(C)c1. The molecule has 1 aromatic carbocycles. The molecule has 0 fully saturated rings. The Balaban J connectivity index is 2.34. The maximum atomic E-state index is 5.87. The van der Waals surface area contributed by atoms with E-state index in [1.165, 1.54) is 24.0 Å². The van der Waals surface area contributed by atoms with Gasteiger partial charge in [0.25, 0.3) is 0 Å². The van der Waals surface area contributed by atoms with Gasteiger partial charge in [0.15, 0.2) is 0 Å². The normalized spacial score (nSPS) is 12.5. The van der Waals surface area contributed by atoms with Crippen molar-refractivity contribution in [2.75, 3.05) is 13.1 Å². The number of aryl methyl sites for hydroxylation is 2. The molecule has 2 heteroatoms. The fourth-order valence-electron chi connectivity index (χ4n) is 1.67. The van der Waals surface area contributed by atoms with Gasteiger partial charge in [-0.3, -0.25) is 0 Å². The molecule has 0 saturated heterocycles. The number of rotatable bonds is 7. The van der Waals surface area contributed by atoms with Gasteiger partial charge in [0.1, 0.15) is 11.9 Å². The molecule has 0 radical (unpaired) electrons. The van der Waals surface area contributed by atoms with Gasteiger partial charge in [-0.2, -0.15) is 0 Å². The van der Waals surface area contributed by atoms with E-state index in [1.807, 2.05) is 6.07 Å². The summed E-state index contributed by atoms with van der Waals surface area (Å²) >= 11 is 0. The second kappa shape index (κ2) is 7.33. The van der Waals surface area contributed by atoms with Crippen LogP contribution in [0.1, 0.15) is 37.8 Å². The summed E-state index contributed by atoms with van der Waals surface area (Å²) in [5.41, 5.74) is 2.60. The zero-order chi connectivity index (χ0) is 12.7. The fourth-order valence-corrected chi connectivity index (χ4v) is 1.67. The molecule has 0 bridgehead atoms. The summed E-state index contributed by atoms with van der Waals surface area (Å²) in [6.45, 7) is 10.5. The van der Waals surface area contributed by atoms with Crippen molar-refractivity contribution in [3.63, 3.8) is 0 Å². The van der Waals surface area contributed by atoms with Crippen LogP contribution in [0.2, 0.25) is 0 Å². The topological polar surface area (TPSA) is 21.3 Å². The lowest BCUT2D eigenvalue weighted by Crippen LogP contribution is -2.29. The first-order valence-corrected chi connectivity index (χ1v) is 6.58. The highest BCUT2D eigenvalue weighted by molar-refractivity contribution is 5.33. The van der Waals surface area contributed by atoms with Crippen LogP contribution in [0, 0.1) is 13.8 Å². The predicted molar refractivity (Wildman–Crippen MR) is 73.8 cm³/mol. The Kier molecular flexibility index (Phi) is 6.06. The average Bonchev–Trinajstić information content (AvgIpc) is 2.30. The van der Waals surface area contributed by atoms with Gasteiger partial charge in [0, 0.05) is 6.54 Å². The standard InChI is InChI=1S/C15H25NO/c1-5-6-9-16-11-14(4)17-15-8-7-12(2)13(3)10-15/h7-8,10,14,16H,5-6,9,11H2,1-4H3. The molecule has 0 amide bonds. The molecule has 1 N–H and O–H groups in total. The molecule has 0 aliphatic heterocycles. The summed E-state index contributed by atoms with van der Waals surface area (Å²) in [4.78, 5) is 0. The van der Waals surface area contributed by atoms with Crippen LogP contribution in [0.25, 0.3) is 0 Å². The van der Waals surface area contributed by atoms with E-state index in [0.29, 0.717) is 0 Å². The molecule has 96 valence electrons. The number of nitrogens with one attached hydrogen (secondary N) is 1. The first-order chi connectivity index (χ1) is 8.13. The first kappa shape index (κ1) is 14.0. The highest BCUT2D eigenvalue weighted by atomic mass is 16.5. The van der Waals surface area contributed by atoms with E-state index in [1.54, 1.807) is 0 Å². The Morgan fingerprint density at radius 2 is 2.00 bits per heavy atom. The molecule has 0 aromatic heterocycles. The van der Waals surface area contributed by atoms with Gasteiger partial charge >= 0.3 is 0 Å². The Hall–Kier alpha value is -1.02. The van der Waals surface area contributed by atoms with Crippen molar-refractivity contribution in [3.05, 3.63) is 29.3 Å². The van der Waals surface area contributed by atoms with Gasteiger partial charge in [0.2, 0.25) is 0 Å². The van der Waals surface area contributed by atoms with Crippen molar-refractivity contribution >= 4 is 0 Å². The fraction of sp³-hybridized carbons (Fsp3) is 0.600. The van der Waals surface area contributed by atoms with Gasteiger partial charge in [0.05, 0.1) is 0 Å². The summed E-state index contributed by atoms with van der Waals surface area (Å²) in [7, 11) is 0. The third kappa shape index (κ3) is 5.22. The summed E-state index contributed by atoms with van der Waals surface area (Å²) in [6.07, 6.45) is 2.68. The lowest BCUT2D eigenvalue weighted by atomic mass is 10.1. The second-order valence-corrected chi connectivity index (χ2v) is 4.73. The van der Waals surface area contributed by atoms with E-state index < -0.39 is 0 Å². The third-order valence-electron chi connectivity index (χ3n) is 2.95. The van der Waals surface area contributed by atoms with Crippen LogP contribution >= 0.6 is 0 Å². The van der Waals surface area contributed by atoms with E-state index in [2.05, 4.69) is 45.1 Å². The van der Waals surface area contributed by atoms with Crippen LogP contribution in [-0.4, -0.2) is 19.2 Å². The van der Waals surface area contributed by atoms with Crippen molar-refractivity contribution in [2.24, 2.45) is 0 Å². The second-order valence-electron chi connectivity index (χ2n) is 4.73. The molecule has 0 aliphatic carbocycles. The largest absolute Gasteiger partial charge is 0.489 e. The van der Waals surface area contributed by atoms with Gasteiger partial charge < -0.3 is 10.1 Å². The minimum Gasteiger partial charge on any atom is -0.489 e. The van der Waals surface area contributed by atoms with Crippen molar-refractivity contribution in [1.82, 2.24) is 5.32 Å². The maximum absolute atomic E-state index is 5.87. The number of hydrogen-bond acceptors (Lipinski definition) is 2. The van der Waals surface area contributed by atoms with Crippen LogP contribution in [0.3, 0.4) is 0 Å². The molecule has 1 unspecified atom stereocenters. The first-order valence-electron chi connectivity index (χ1n) is 6.58. The van der Waals surface area contributed by atoms with Crippen molar-refractivity contribution in [2.45, 2.75) is 46.6 Å². The van der Waals surface area contributed by atoms with Crippen molar-refractivity contribution < 1.29 is 4.74 Å². The molecule has 17 heavy (non-hydrogen) atoms. The number of unbranched alkanes of at least 4 members (excludes halogenated alkanes) is 1. The Morgan fingerprint density at radius 3 is 2.65 bits per heavy atom. The van der Waals surface area contributed by atoms with Crippen LogP contribution in [-0.2, 0) is 0 Å². The van der Waals surface area contributed by atoms with Gasteiger partial charge in [-0.1, -0.05) is 19.4 Å². The van der Waals surface area contributed by atoms with Crippen LogP contribution in [0.4, 0.5) is 0 Å². The zero-order valence-electron chi connectivity index (χ0n) is 11.5. The smallest absolute Gasteiger partial charge is 0.120 e. The lowest BCUT2D eigenvalue weighted by Gasteiger charge is -2.16. The average molecular weight is 235 g/mol. The Morgan fingerprint density at radius 1 is 1.24 bits per heavy atom. The van der Waals surface area contributed by atoms with Gasteiger partial charge in [-0.05, 0) is 57.0 Å². The van der Waals surface area contributed by atoms with E-state index >= 15 is 0 Å².